The zero-order valence-corrected chi connectivity index (χ0v) is 7.46. The Morgan fingerprint density at radius 2 is 2.33 bits per heavy atom. The summed E-state index contributed by atoms with van der Waals surface area (Å²) in [4.78, 5) is 13.2. The quantitative estimate of drug-likeness (QED) is 0.549. The van der Waals surface area contributed by atoms with Crippen molar-refractivity contribution in [3.05, 3.63) is 11.3 Å². The van der Waals surface area contributed by atoms with Gasteiger partial charge in [-0.2, -0.15) is 0 Å². The number of hydrogen-bond acceptors (Lipinski definition) is 4. The van der Waals surface area contributed by atoms with Crippen LogP contribution in [-0.4, -0.2) is 38.1 Å². The van der Waals surface area contributed by atoms with Crippen LogP contribution in [0, 0.1) is 0 Å². The standard InChI is InChI=1S/C8H14N2O2/c1-10-4-3-7(9)6(5-10)8(11)12-2/h3-5,9H2,1-2H3. The van der Waals surface area contributed by atoms with Gasteiger partial charge in [-0.25, -0.2) is 4.79 Å². The lowest BCUT2D eigenvalue weighted by molar-refractivity contribution is -0.136. The molecule has 0 saturated heterocycles. The van der Waals surface area contributed by atoms with E-state index in [0.717, 1.165) is 13.0 Å². The van der Waals surface area contributed by atoms with Crippen molar-refractivity contribution in [2.75, 3.05) is 27.2 Å². The maximum Gasteiger partial charge on any atom is 0.336 e. The van der Waals surface area contributed by atoms with E-state index in [1.807, 2.05) is 11.9 Å². The lowest BCUT2D eigenvalue weighted by Gasteiger charge is -2.24. The maximum absolute atomic E-state index is 11.1. The van der Waals surface area contributed by atoms with Gasteiger partial charge in [0.2, 0.25) is 0 Å². The van der Waals surface area contributed by atoms with Gasteiger partial charge in [0.25, 0.3) is 0 Å². The van der Waals surface area contributed by atoms with Crippen LogP contribution in [0.1, 0.15) is 6.42 Å². The minimum atomic E-state index is -0.306. The van der Waals surface area contributed by atoms with Crippen LogP contribution in [0.2, 0.25) is 0 Å². The molecule has 2 N–H and O–H groups in total. The fraction of sp³-hybridized carbons (Fsp3) is 0.625. The number of ether oxygens (including phenoxy) is 1. The molecular formula is C8H14N2O2. The van der Waals surface area contributed by atoms with Crippen LogP contribution < -0.4 is 5.73 Å². The van der Waals surface area contributed by atoms with Crippen molar-refractivity contribution in [1.82, 2.24) is 4.90 Å². The first-order chi connectivity index (χ1) is 5.65. The summed E-state index contributed by atoms with van der Waals surface area (Å²) >= 11 is 0. The number of esters is 1. The van der Waals surface area contributed by atoms with E-state index in [4.69, 9.17) is 5.73 Å². The first kappa shape index (κ1) is 9.06. The number of hydrogen-bond donors (Lipinski definition) is 1. The largest absolute Gasteiger partial charge is 0.466 e. The number of nitrogens with two attached hydrogens (primary N) is 1. The monoisotopic (exact) mass is 170 g/mol. The Labute approximate surface area is 72.0 Å². The van der Waals surface area contributed by atoms with E-state index < -0.39 is 0 Å². The molecule has 1 rings (SSSR count). The molecule has 1 aliphatic heterocycles. The highest BCUT2D eigenvalue weighted by Crippen LogP contribution is 2.13. The van der Waals surface area contributed by atoms with Crippen molar-refractivity contribution in [3.8, 4) is 0 Å². The second-order valence-electron chi connectivity index (χ2n) is 2.98. The first-order valence-corrected chi connectivity index (χ1v) is 3.89. The Bertz CT molecular complexity index is 223. The second kappa shape index (κ2) is 3.58. The predicted octanol–water partition coefficient (Wildman–Crippen LogP) is -0.292. The Balaban J connectivity index is 2.77. The summed E-state index contributed by atoms with van der Waals surface area (Å²) in [6.45, 7) is 1.50. The van der Waals surface area contributed by atoms with E-state index >= 15 is 0 Å². The van der Waals surface area contributed by atoms with Crippen LogP contribution in [0.15, 0.2) is 11.3 Å². The third-order valence-electron chi connectivity index (χ3n) is 2.01. The fourth-order valence-corrected chi connectivity index (χ4v) is 1.23. The van der Waals surface area contributed by atoms with Gasteiger partial charge in [-0.15, -0.1) is 0 Å². The predicted molar refractivity (Wildman–Crippen MR) is 45.3 cm³/mol. The Hall–Kier alpha value is -1.03. The van der Waals surface area contributed by atoms with Gasteiger partial charge in [-0.3, -0.25) is 0 Å². The average Bonchev–Trinajstić information content (AvgIpc) is 2.08. The van der Waals surface area contributed by atoms with E-state index in [2.05, 4.69) is 4.74 Å². The van der Waals surface area contributed by atoms with Gasteiger partial charge < -0.3 is 15.4 Å². The number of rotatable bonds is 1. The number of methoxy groups -OCH3 is 1. The Morgan fingerprint density at radius 3 is 2.92 bits per heavy atom. The van der Waals surface area contributed by atoms with E-state index in [-0.39, 0.29) is 5.97 Å². The van der Waals surface area contributed by atoms with Gasteiger partial charge in [-0.1, -0.05) is 0 Å². The zero-order chi connectivity index (χ0) is 9.14. The number of likely N-dealkylation sites (N-methyl/N-ethyl adjacent to an activating group) is 1. The molecule has 0 aromatic carbocycles. The third kappa shape index (κ3) is 1.76. The molecule has 0 spiro atoms. The molecule has 4 nitrogen and oxygen atoms in total. The van der Waals surface area contributed by atoms with Gasteiger partial charge in [0.15, 0.2) is 0 Å². The molecule has 0 amide bonds. The lowest BCUT2D eigenvalue weighted by Crippen LogP contribution is -2.33. The summed E-state index contributed by atoms with van der Waals surface area (Å²) in [5.74, 6) is -0.306. The van der Waals surface area contributed by atoms with Gasteiger partial charge in [0.05, 0.1) is 12.7 Å². The third-order valence-corrected chi connectivity index (χ3v) is 2.01. The van der Waals surface area contributed by atoms with E-state index in [9.17, 15) is 4.79 Å². The molecule has 0 radical (unpaired) electrons. The summed E-state index contributed by atoms with van der Waals surface area (Å²) in [7, 11) is 3.33. The second-order valence-corrected chi connectivity index (χ2v) is 2.98. The molecule has 1 heterocycles. The minimum Gasteiger partial charge on any atom is -0.466 e. The molecule has 0 unspecified atom stereocenters. The highest BCUT2D eigenvalue weighted by molar-refractivity contribution is 5.89. The van der Waals surface area contributed by atoms with Crippen LogP contribution in [-0.2, 0) is 9.53 Å². The highest BCUT2D eigenvalue weighted by atomic mass is 16.5. The molecule has 68 valence electrons. The van der Waals surface area contributed by atoms with Gasteiger partial charge in [-0.05, 0) is 7.05 Å². The number of carbonyl (C=O) groups is 1. The topological polar surface area (TPSA) is 55.6 Å². The van der Waals surface area contributed by atoms with Crippen molar-refractivity contribution in [2.45, 2.75) is 6.42 Å². The Morgan fingerprint density at radius 1 is 1.67 bits per heavy atom. The van der Waals surface area contributed by atoms with Gasteiger partial charge in [0.1, 0.15) is 0 Å². The van der Waals surface area contributed by atoms with Crippen LogP contribution in [0.5, 0.6) is 0 Å². The normalized spacial score (nSPS) is 19.5. The maximum atomic E-state index is 11.1. The summed E-state index contributed by atoms with van der Waals surface area (Å²) < 4.78 is 4.60. The molecular weight excluding hydrogens is 156 g/mol. The minimum absolute atomic E-state index is 0.306. The first-order valence-electron chi connectivity index (χ1n) is 3.89. The molecule has 0 aromatic heterocycles. The van der Waals surface area contributed by atoms with Crippen molar-refractivity contribution < 1.29 is 9.53 Å². The van der Waals surface area contributed by atoms with Crippen LogP contribution in [0.25, 0.3) is 0 Å². The Kier molecular flexibility index (Phi) is 2.70. The molecule has 0 fully saturated rings. The summed E-state index contributed by atoms with van der Waals surface area (Å²) in [5, 5.41) is 0. The van der Waals surface area contributed by atoms with Crippen molar-refractivity contribution >= 4 is 5.97 Å². The molecule has 0 bridgehead atoms. The highest BCUT2D eigenvalue weighted by Gasteiger charge is 2.20. The molecule has 0 atom stereocenters. The molecule has 4 heteroatoms. The molecule has 12 heavy (non-hydrogen) atoms. The summed E-state index contributed by atoms with van der Waals surface area (Å²) in [6, 6.07) is 0. The number of nitrogens with zero attached hydrogens (tertiary/aromatic N) is 1. The van der Waals surface area contributed by atoms with Gasteiger partial charge in [0, 0.05) is 25.2 Å². The SMILES string of the molecule is COC(=O)C1=C(N)CCN(C)C1. The lowest BCUT2D eigenvalue weighted by atomic mass is 10.1. The summed E-state index contributed by atoms with van der Waals surface area (Å²) in [6.07, 6.45) is 0.751. The van der Waals surface area contributed by atoms with Crippen LogP contribution >= 0.6 is 0 Å². The van der Waals surface area contributed by atoms with E-state index in [1.165, 1.54) is 7.11 Å². The molecule has 1 aliphatic rings. The average molecular weight is 170 g/mol. The van der Waals surface area contributed by atoms with E-state index in [0.29, 0.717) is 17.8 Å². The molecule has 0 aromatic rings. The fourth-order valence-electron chi connectivity index (χ4n) is 1.23. The van der Waals surface area contributed by atoms with E-state index in [1.54, 1.807) is 0 Å². The van der Waals surface area contributed by atoms with Crippen molar-refractivity contribution in [3.63, 3.8) is 0 Å². The smallest absolute Gasteiger partial charge is 0.336 e. The van der Waals surface area contributed by atoms with Crippen molar-refractivity contribution in [2.24, 2.45) is 5.73 Å². The summed E-state index contributed by atoms with van der Waals surface area (Å²) in [5.41, 5.74) is 6.94. The van der Waals surface area contributed by atoms with Crippen LogP contribution in [0.3, 0.4) is 0 Å². The van der Waals surface area contributed by atoms with Crippen LogP contribution in [0.4, 0.5) is 0 Å². The van der Waals surface area contributed by atoms with Gasteiger partial charge >= 0.3 is 5.97 Å². The molecule has 0 saturated carbocycles. The number of carbonyl (C=O) groups excluding carboxylic acids is 1. The molecule has 0 aliphatic carbocycles. The van der Waals surface area contributed by atoms with Crippen molar-refractivity contribution in [1.29, 1.82) is 0 Å². The zero-order valence-electron chi connectivity index (χ0n) is 7.46.